The van der Waals surface area contributed by atoms with Gasteiger partial charge in [0.1, 0.15) is 5.60 Å². The largest absolute Gasteiger partial charge is 0.509 e. The maximum atomic E-state index is 12.3. The Hall–Kier alpha value is -1.36. The van der Waals surface area contributed by atoms with Crippen LogP contribution in [0.4, 0.5) is 4.79 Å². The van der Waals surface area contributed by atoms with Crippen LogP contribution in [0.25, 0.3) is 0 Å². The van der Waals surface area contributed by atoms with Crippen LogP contribution in [0.5, 0.6) is 0 Å². The van der Waals surface area contributed by atoms with Crippen LogP contribution < -0.4 is 0 Å². The highest BCUT2D eigenvalue weighted by atomic mass is 16.8. The van der Waals surface area contributed by atoms with Gasteiger partial charge >= 0.3 is 6.16 Å². The Labute approximate surface area is 105 Å². The highest BCUT2D eigenvalue weighted by Crippen LogP contribution is 2.50. The molecule has 18 heavy (non-hydrogen) atoms. The molecule has 1 N–H and O–H groups in total. The van der Waals surface area contributed by atoms with Crippen molar-refractivity contribution in [2.24, 2.45) is 17.8 Å². The lowest BCUT2D eigenvalue weighted by molar-refractivity contribution is -0.162. The molecular formula is C13H16O5. The van der Waals surface area contributed by atoms with Crippen molar-refractivity contribution >= 4 is 11.9 Å². The first-order chi connectivity index (χ1) is 8.34. The maximum absolute atomic E-state index is 12.3. The zero-order chi connectivity index (χ0) is 13.2. The van der Waals surface area contributed by atoms with Crippen LogP contribution in [0.15, 0.2) is 11.6 Å². The van der Waals surface area contributed by atoms with Gasteiger partial charge in [-0.3, -0.25) is 4.79 Å². The van der Waals surface area contributed by atoms with Gasteiger partial charge in [-0.1, -0.05) is 25.5 Å². The second-order valence-electron chi connectivity index (χ2n) is 5.75. The van der Waals surface area contributed by atoms with E-state index in [1.54, 1.807) is 0 Å². The predicted molar refractivity (Wildman–Crippen MR) is 60.7 cm³/mol. The Kier molecular flexibility index (Phi) is 2.18. The van der Waals surface area contributed by atoms with E-state index >= 15 is 0 Å². The van der Waals surface area contributed by atoms with E-state index in [2.05, 4.69) is 0 Å². The summed E-state index contributed by atoms with van der Waals surface area (Å²) < 4.78 is 10.2. The summed E-state index contributed by atoms with van der Waals surface area (Å²) in [6, 6.07) is 0. The van der Waals surface area contributed by atoms with Crippen molar-refractivity contribution in [1.82, 2.24) is 0 Å². The molecule has 1 saturated heterocycles. The Balaban J connectivity index is 2.11. The number of ketones is 1. The number of hydrogen-bond acceptors (Lipinski definition) is 5. The van der Waals surface area contributed by atoms with E-state index in [4.69, 9.17) is 9.47 Å². The quantitative estimate of drug-likeness (QED) is 0.558. The SMILES string of the molecule is CC(C)C1=C[C@@H]2[C@@H]3OC(=O)O[C@@H]3[C@H]1C(=O)[C@@]2(C)O. The number of rotatable bonds is 1. The summed E-state index contributed by atoms with van der Waals surface area (Å²) in [5.41, 5.74) is -0.533. The molecule has 2 fully saturated rings. The van der Waals surface area contributed by atoms with Gasteiger partial charge in [0.05, 0.1) is 11.8 Å². The fourth-order valence-electron chi connectivity index (χ4n) is 3.33. The lowest BCUT2D eigenvalue weighted by Crippen LogP contribution is -2.64. The van der Waals surface area contributed by atoms with E-state index < -0.39 is 35.8 Å². The molecule has 0 aromatic heterocycles. The van der Waals surface area contributed by atoms with Gasteiger partial charge in [-0.05, 0) is 12.8 Å². The molecule has 0 amide bonds. The minimum atomic E-state index is -1.47. The Morgan fingerprint density at radius 2 is 1.89 bits per heavy atom. The third-order valence-electron chi connectivity index (χ3n) is 4.30. The van der Waals surface area contributed by atoms with Crippen molar-refractivity contribution in [2.75, 3.05) is 0 Å². The number of aliphatic hydroxyl groups is 1. The van der Waals surface area contributed by atoms with Crippen molar-refractivity contribution in [3.63, 3.8) is 0 Å². The molecule has 5 heteroatoms. The molecule has 5 atom stereocenters. The molecular weight excluding hydrogens is 236 g/mol. The number of Topliss-reactive ketones (excluding diaryl/α,β-unsaturated/α-hetero) is 1. The average molecular weight is 252 g/mol. The molecule has 4 rings (SSSR count). The van der Waals surface area contributed by atoms with E-state index in [1.165, 1.54) is 6.92 Å². The summed E-state index contributed by atoms with van der Waals surface area (Å²) in [5, 5.41) is 10.3. The van der Waals surface area contributed by atoms with Gasteiger partial charge in [-0.25, -0.2) is 4.79 Å². The number of carbonyl (C=O) groups is 2. The molecule has 0 unspecified atom stereocenters. The van der Waals surface area contributed by atoms with E-state index in [0.717, 1.165) is 5.57 Å². The third-order valence-corrected chi connectivity index (χ3v) is 4.30. The molecule has 2 bridgehead atoms. The average Bonchev–Trinajstić information content (AvgIpc) is 2.64. The van der Waals surface area contributed by atoms with Crippen LogP contribution in [-0.4, -0.2) is 34.9 Å². The first-order valence-corrected chi connectivity index (χ1v) is 6.19. The molecule has 5 nitrogen and oxygen atoms in total. The smallest absolute Gasteiger partial charge is 0.426 e. The van der Waals surface area contributed by atoms with Crippen LogP contribution in [0.3, 0.4) is 0 Å². The standard InChI is InChI=1S/C13H16O5/c1-5(2)6-4-7-9-10(18-12(15)17-9)8(6)11(14)13(7,3)16/h4-5,7-10,16H,1-3H3/t7-,8+,9+,10-,13+/m1/s1. The van der Waals surface area contributed by atoms with E-state index in [0.29, 0.717) is 0 Å². The predicted octanol–water partition coefficient (Wildman–Crippen LogP) is 1.05. The summed E-state index contributed by atoms with van der Waals surface area (Å²) in [6.45, 7) is 5.46. The van der Waals surface area contributed by atoms with E-state index in [1.807, 2.05) is 19.9 Å². The molecule has 0 radical (unpaired) electrons. The van der Waals surface area contributed by atoms with Crippen molar-refractivity contribution < 1.29 is 24.2 Å². The van der Waals surface area contributed by atoms with Crippen molar-refractivity contribution in [1.29, 1.82) is 0 Å². The van der Waals surface area contributed by atoms with Gasteiger partial charge in [-0.2, -0.15) is 0 Å². The molecule has 3 aliphatic carbocycles. The van der Waals surface area contributed by atoms with Crippen LogP contribution in [0.2, 0.25) is 0 Å². The maximum Gasteiger partial charge on any atom is 0.509 e. The van der Waals surface area contributed by atoms with Crippen molar-refractivity contribution in [2.45, 2.75) is 38.6 Å². The second kappa shape index (κ2) is 3.35. The number of carbonyl (C=O) groups excluding carboxylic acids is 2. The first-order valence-electron chi connectivity index (χ1n) is 6.19. The second-order valence-corrected chi connectivity index (χ2v) is 5.75. The van der Waals surface area contributed by atoms with Gasteiger partial charge in [-0.15, -0.1) is 0 Å². The Morgan fingerprint density at radius 1 is 1.28 bits per heavy atom. The van der Waals surface area contributed by atoms with Gasteiger partial charge in [0.15, 0.2) is 18.0 Å². The minimum Gasteiger partial charge on any atom is -0.426 e. The van der Waals surface area contributed by atoms with Gasteiger partial charge in [0, 0.05) is 0 Å². The molecule has 0 aromatic rings. The molecule has 0 aromatic carbocycles. The fourth-order valence-corrected chi connectivity index (χ4v) is 3.33. The summed E-state index contributed by atoms with van der Waals surface area (Å²) in [4.78, 5) is 23.6. The molecule has 1 aliphatic heterocycles. The first kappa shape index (κ1) is 11.7. The summed E-state index contributed by atoms with van der Waals surface area (Å²) in [6.07, 6.45) is 0.0269. The number of hydrogen-bond donors (Lipinski definition) is 1. The summed E-state index contributed by atoms with van der Waals surface area (Å²) in [5.74, 6) is -1.17. The minimum absolute atomic E-state index is 0.179. The van der Waals surface area contributed by atoms with Gasteiger partial charge < -0.3 is 14.6 Å². The molecule has 1 saturated carbocycles. The highest BCUT2D eigenvalue weighted by Gasteiger charge is 2.65. The molecule has 0 spiro atoms. The zero-order valence-corrected chi connectivity index (χ0v) is 10.5. The van der Waals surface area contributed by atoms with Crippen molar-refractivity contribution in [3.05, 3.63) is 11.6 Å². The monoisotopic (exact) mass is 252 g/mol. The van der Waals surface area contributed by atoms with Crippen LogP contribution in [0.1, 0.15) is 20.8 Å². The molecule has 98 valence electrons. The van der Waals surface area contributed by atoms with Gasteiger partial charge in [0.2, 0.25) is 0 Å². The van der Waals surface area contributed by atoms with Crippen molar-refractivity contribution in [3.8, 4) is 0 Å². The lowest BCUT2D eigenvalue weighted by Gasteiger charge is -2.48. The van der Waals surface area contributed by atoms with Gasteiger partial charge in [0.25, 0.3) is 0 Å². The lowest BCUT2D eigenvalue weighted by atomic mass is 9.58. The molecule has 4 aliphatic rings. The summed E-state index contributed by atoms with van der Waals surface area (Å²) in [7, 11) is 0. The van der Waals surface area contributed by atoms with Crippen LogP contribution in [-0.2, 0) is 14.3 Å². The fraction of sp³-hybridized carbons (Fsp3) is 0.692. The topological polar surface area (TPSA) is 72.8 Å². The van der Waals surface area contributed by atoms with Crippen LogP contribution in [0, 0.1) is 17.8 Å². The third kappa shape index (κ3) is 1.25. The number of ether oxygens (including phenoxy) is 2. The van der Waals surface area contributed by atoms with Crippen LogP contribution >= 0.6 is 0 Å². The normalized spacial score (nSPS) is 45.7. The van der Waals surface area contributed by atoms with E-state index in [9.17, 15) is 14.7 Å². The number of fused-ring (bicyclic) bond motifs is 1. The Bertz CT molecular complexity index is 462. The molecule has 1 heterocycles. The highest BCUT2D eigenvalue weighted by molar-refractivity contribution is 5.95. The Morgan fingerprint density at radius 3 is 2.50 bits per heavy atom. The summed E-state index contributed by atoms with van der Waals surface area (Å²) >= 11 is 0. The van der Waals surface area contributed by atoms with E-state index in [-0.39, 0.29) is 11.7 Å². The zero-order valence-electron chi connectivity index (χ0n) is 10.5.